The van der Waals surface area contributed by atoms with Crippen LogP contribution in [0, 0.1) is 13.8 Å². The molecule has 0 aliphatic carbocycles. The van der Waals surface area contributed by atoms with Gasteiger partial charge in [0.05, 0.1) is 5.56 Å². The van der Waals surface area contributed by atoms with Gasteiger partial charge >= 0.3 is 0 Å². The van der Waals surface area contributed by atoms with Crippen LogP contribution in [0.1, 0.15) is 27.2 Å². The molecular weight excluding hydrogens is 238 g/mol. The van der Waals surface area contributed by atoms with Gasteiger partial charge in [-0.05, 0) is 43.2 Å². The molecule has 3 N–H and O–H groups in total. The van der Waals surface area contributed by atoms with Crippen molar-refractivity contribution in [3.8, 4) is 0 Å². The van der Waals surface area contributed by atoms with Crippen molar-refractivity contribution in [3.05, 3.63) is 58.9 Å². The van der Waals surface area contributed by atoms with Gasteiger partial charge in [-0.15, -0.1) is 0 Å². The lowest BCUT2D eigenvalue weighted by atomic mass is 10.1. The number of pyridine rings is 1. The van der Waals surface area contributed by atoms with Gasteiger partial charge < -0.3 is 11.1 Å². The summed E-state index contributed by atoms with van der Waals surface area (Å²) in [6, 6.07) is 9.33. The van der Waals surface area contributed by atoms with Gasteiger partial charge in [0, 0.05) is 24.1 Å². The second-order valence-electron chi connectivity index (χ2n) is 4.44. The predicted octanol–water partition coefficient (Wildman–Crippen LogP) is 2.41. The summed E-state index contributed by atoms with van der Waals surface area (Å²) in [7, 11) is 0. The Balaban J connectivity index is 2.26. The number of nitrogens with one attached hydrogen (secondary N) is 1. The fraction of sp³-hybridized carbons (Fsp3) is 0.200. The van der Waals surface area contributed by atoms with E-state index in [2.05, 4.69) is 10.3 Å². The summed E-state index contributed by atoms with van der Waals surface area (Å²) in [6.07, 6.45) is 1.67. The van der Waals surface area contributed by atoms with E-state index in [1.807, 2.05) is 32.0 Å². The number of aryl methyl sites for hydroxylation is 2. The van der Waals surface area contributed by atoms with Crippen LogP contribution in [0.3, 0.4) is 0 Å². The molecule has 19 heavy (non-hydrogen) atoms. The number of aromatic nitrogens is 1. The first-order valence-corrected chi connectivity index (χ1v) is 6.14. The molecule has 0 bridgehead atoms. The van der Waals surface area contributed by atoms with Crippen molar-refractivity contribution >= 4 is 11.6 Å². The Kier molecular flexibility index (Phi) is 3.92. The molecule has 0 saturated heterocycles. The molecule has 0 saturated carbocycles. The van der Waals surface area contributed by atoms with E-state index in [-0.39, 0.29) is 5.91 Å². The summed E-state index contributed by atoms with van der Waals surface area (Å²) in [5.41, 5.74) is 9.70. The molecule has 2 rings (SSSR count). The zero-order chi connectivity index (χ0) is 13.8. The van der Waals surface area contributed by atoms with Crippen LogP contribution >= 0.6 is 0 Å². The van der Waals surface area contributed by atoms with Crippen LogP contribution in [-0.2, 0) is 6.54 Å². The average Bonchev–Trinajstić information content (AvgIpc) is 2.41. The van der Waals surface area contributed by atoms with Crippen LogP contribution in [0.15, 0.2) is 36.5 Å². The summed E-state index contributed by atoms with van der Waals surface area (Å²) in [4.78, 5) is 16.3. The molecule has 0 fully saturated rings. The number of benzene rings is 1. The Morgan fingerprint density at radius 3 is 2.79 bits per heavy atom. The number of hydrogen-bond donors (Lipinski definition) is 2. The van der Waals surface area contributed by atoms with E-state index >= 15 is 0 Å². The zero-order valence-corrected chi connectivity index (χ0v) is 11.1. The molecule has 0 spiro atoms. The Labute approximate surface area is 112 Å². The smallest absolute Gasteiger partial charge is 0.257 e. The Morgan fingerprint density at radius 2 is 2.11 bits per heavy atom. The van der Waals surface area contributed by atoms with E-state index in [0.29, 0.717) is 17.8 Å². The number of nitrogens with zero attached hydrogens (tertiary/aromatic N) is 1. The molecule has 0 unspecified atom stereocenters. The summed E-state index contributed by atoms with van der Waals surface area (Å²) < 4.78 is 0. The van der Waals surface area contributed by atoms with Gasteiger partial charge in [0.25, 0.3) is 5.91 Å². The van der Waals surface area contributed by atoms with E-state index in [0.717, 1.165) is 16.8 Å². The van der Waals surface area contributed by atoms with Crippen molar-refractivity contribution in [2.24, 2.45) is 5.73 Å². The standard InChI is InChI=1S/C15H17N3O/c1-10-5-6-12(9-16)8-14(10)18-15(19)13-4-3-7-17-11(13)2/h3-8H,9,16H2,1-2H3,(H,18,19). The van der Waals surface area contributed by atoms with Crippen LogP contribution in [-0.4, -0.2) is 10.9 Å². The van der Waals surface area contributed by atoms with Crippen LogP contribution in [0.2, 0.25) is 0 Å². The molecule has 4 nitrogen and oxygen atoms in total. The number of rotatable bonds is 3. The zero-order valence-electron chi connectivity index (χ0n) is 11.1. The number of anilines is 1. The van der Waals surface area contributed by atoms with Crippen molar-refractivity contribution in [1.29, 1.82) is 0 Å². The SMILES string of the molecule is Cc1ccc(CN)cc1NC(=O)c1cccnc1C. The van der Waals surface area contributed by atoms with Gasteiger partial charge in [-0.25, -0.2) is 0 Å². The maximum absolute atomic E-state index is 12.2. The largest absolute Gasteiger partial charge is 0.326 e. The molecule has 0 aliphatic heterocycles. The maximum atomic E-state index is 12.2. The molecule has 1 aromatic carbocycles. The number of hydrogen-bond acceptors (Lipinski definition) is 3. The van der Waals surface area contributed by atoms with Gasteiger partial charge in [-0.3, -0.25) is 9.78 Å². The molecular formula is C15H17N3O. The fourth-order valence-electron chi connectivity index (χ4n) is 1.84. The van der Waals surface area contributed by atoms with E-state index in [4.69, 9.17) is 5.73 Å². The highest BCUT2D eigenvalue weighted by molar-refractivity contribution is 6.05. The monoisotopic (exact) mass is 255 g/mol. The fourth-order valence-corrected chi connectivity index (χ4v) is 1.84. The van der Waals surface area contributed by atoms with Crippen LogP contribution in [0.4, 0.5) is 5.69 Å². The third kappa shape index (κ3) is 2.98. The van der Waals surface area contributed by atoms with E-state index in [9.17, 15) is 4.79 Å². The number of nitrogens with two attached hydrogens (primary N) is 1. The second kappa shape index (κ2) is 5.63. The molecule has 1 aromatic heterocycles. The van der Waals surface area contributed by atoms with E-state index in [1.54, 1.807) is 18.3 Å². The molecule has 1 amide bonds. The normalized spacial score (nSPS) is 10.3. The molecule has 1 heterocycles. The number of carbonyl (C=O) groups excluding carboxylic acids is 1. The summed E-state index contributed by atoms with van der Waals surface area (Å²) in [6.45, 7) is 4.22. The summed E-state index contributed by atoms with van der Waals surface area (Å²) in [5, 5.41) is 2.91. The first-order chi connectivity index (χ1) is 9.11. The van der Waals surface area contributed by atoms with Crippen LogP contribution < -0.4 is 11.1 Å². The lowest BCUT2D eigenvalue weighted by Crippen LogP contribution is -2.15. The molecule has 98 valence electrons. The quantitative estimate of drug-likeness (QED) is 0.885. The number of amides is 1. The minimum atomic E-state index is -0.150. The van der Waals surface area contributed by atoms with Crippen molar-refractivity contribution in [2.75, 3.05) is 5.32 Å². The molecule has 4 heteroatoms. The van der Waals surface area contributed by atoms with Crippen molar-refractivity contribution in [2.45, 2.75) is 20.4 Å². The van der Waals surface area contributed by atoms with Crippen LogP contribution in [0.25, 0.3) is 0 Å². The topological polar surface area (TPSA) is 68.0 Å². The second-order valence-corrected chi connectivity index (χ2v) is 4.44. The van der Waals surface area contributed by atoms with E-state index in [1.165, 1.54) is 0 Å². The van der Waals surface area contributed by atoms with Crippen LogP contribution in [0.5, 0.6) is 0 Å². The summed E-state index contributed by atoms with van der Waals surface area (Å²) >= 11 is 0. The highest BCUT2D eigenvalue weighted by Gasteiger charge is 2.10. The van der Waals surface area contributed by atoms with Gasteiger partial charge in [0.1, 0.15) is 0 Å². The minimum Gasteiger partial charge on any atom is -0.326 e. The summed E-state index contributed by atoms with van der Waals surface area (Å²) in [5.74, 6) is -0.150. The Bertz CT molecular complexity index is 608. The molecule has 0 atom stereocenters. The lowest BCUT2D eigenvalue weighted by molar-refractivity contribution is 0.102. The highest BCUT2D eigenvalue weighted by Crippen LogP contribution is 2.18. The average molecular weight is 255 g/mol. The van der Waals surface area contributed by atoms with Crippen molar-refractivity contribution in [1.82, 2.24) is 4.98 Å². The van der Waals surface area contributed by atoms with E-state index < -0.39 is 0 Å². The van der Waals surface area contributed by atoms with Gasteiger partial charge in [0.2, 0.25) is 0 Å². The Morgan fingerprint density at radius 1 is 1.32 bits per heavy atom. The predicted molar refractivity (Wildman–Crippen MR) is 76.0 cm³/mol. The van der Waals surface area contributed by atoms with Gasteiger partial charge in [-0.1, -0.05) is 12.1 Å². The molecule has 0 aliphatic rings. The first kappa shape index (κ1) is 13.2. The Hall–Kier alpha value is -2.20. The van der Waals surface area contributed by atoms with Gasteiger partial charge in [-0.2, -0.15) is 0 Å². The third-order valence-corrected chi connectivity index (χ3v) is 3.04. The maximum Gasteiger partial charge on any atom is 0.257 e. The third-order valence-electron chi connectivity index (χ3n) is 3.04. The lowest BCUT2D eigenvalue weighted by Gasteiger charge is -2.11. The number of carbonyl (C=O) groups is 1. The first-order valence-electron chi connectivity index (χ1n) is 6.14. The van der Waals surface area contributed by atoms with Crippen molar-refractivity contribution < 1.29 is 4.79 Å². The minimum absolute atomic E-state index is 0.150. The molecule has 2 aromatic rings. The van der Waals surface area contributed by atoms with Crippen molar-refractivity contribution in [3.63, 3.8) is 0 Å². The molecule has 0 radical (unpaired) electrons. The van der Waals surface area contributed by atoms with Gasteiger partial charge in [0.15, 0.2) is 0 Å². The highest BCUT2D eigenvalue weighted by atomic mass is 16.1.